The third-order valence-electron chi connectivity index (χ3n) is 8.70. The Labute approximate surface area is 244 Å². The zero-order chi connectivity index (χ0) is 28.3. The number of para-hydroxylation sites is 1. The molecule has 0 amide bonds. The Bertz CT molecular complexity index is 1480. The molecular weight excluding hydrogens is 512 g/mol. The van der Waals surface area contributed by atoms with Gasteiger partial charge in [-0.1, -0.05) is 87.4 Å². The second kappa shape index (κ2) is 12.1. The van der Waals surface area contributed by atoms with Crippen LogP contribution in [-0.4, -0.2) is 28.0 Å². The lowest BCUT2D eigenvalue weighted by Crippen LogP contribution is -2.38. The van der Waals surface area contributed by atoms with Gasteiger partial charge in [-0.25, -0.2) is 4.79 Å². The van der Waals surface area contributed by atoms with Gasteiger partial charge in [0.15, 0.2) is 0 Å². The first-order chi connectivity index (χ1) is 19.4. The highest BCUT2D eigenvalue weighted by Crippen LogP contribution is 2.52. The topological polar surface area (TPSA) is 34.5 Å². The SMILES string of the molecule is CCCCN1C(C)=C(SOC(=O)c2ccccc2Cc2c(C)n(CCCC)c3ccccc23)C2(C)C=CC=CC12. The molecule has 1 aromatic heterocycles. The number of aryl methyl sites for hydroxylation is 1. The largest absolute Gasteiger partial charge is 0.383 e. The van der Waals surface area contributed by atoms with E-state index >= 15 is 0 Å². The Balaban J connectivity index is 1.40. The van der Waals surface area contributed by atoms with Crippen LogP contribution in [0, 0.1) is 12.3 Å². The minimum Gasteiger partial charge on any atom is -0.383 e. The molecule has 1 aliphatic carbocycles. The molecule has 0 saturated carbocycles. The van der Waals surface area contributed by atoms with Gasteiger partial charge in [0.25, 0.3) is 0 Å². The molecule has 2 unspecified atom stereocenters. The van der Waals surface area contributed by atoms with Crippen molar-refractivity contribution in [1.82, 2.24) is 9.47 Å². The lowest BCUT2D eigenvalue weighted by atomic mass is 9.80. The van der Waals surface area contributed by atoms with Crippen LogP contribution in [0.3, 0.4) is 0 Å². The molecule has 40 heavy (non-hydrogen) atoms. The zero-order valence-electron chi connectivity index (χ0n) is 24.6. The molecule has 2 aliphatic rings. The first kappa shape index (κ1) is 28.4. The number of hydrogen-bond acceptors (Lipinski definition) is 4. The van der Waals surface area contributed by atoms with E-state index in [1.165, 1.54) is 39.9 Å². The van der Waals surface area contributed by atoms with E-state index in [2.05, 4.69) is 98.7 Å². The van der Waals surface area contributed by atoms with Crippen molar-refractivity contribution >= 4 is 28.9 Å². The van der Waals surface area contributed by atoms with Gasteiger partial charge >= 0.3 is 5.97 Å². The molecule has 0 fully saturated rings. The highest BCUT2D eigenvalue weighted by Gasteiger charge is 2.47. The summed E-state index contributed by atoms with van der Waals surface area (Å²) in [5.41, 5.74) is 6.48. The third-order valence-corrected chi connectivity index (χ3v) is 9.84. The Morgan fingerprint density at radius 1 is 0.975 bits per heavy atom. The van der Waals surface area contributed by atoms with E-state index in [9.17, 15) is 4.79 Å². The van der Waals surface area contributed by atoms with Crippen molar-refractivity contribution in [3.63, 3.8) is 0 Å². The third kappa shape index (κ3) is 5.16. The minimum atomic E-state index is -0.282. The summed E-state index contributed by atoms with van der Waals surface area (Å²) >= 11 is 1.25. The highest BCUT2D eigenvalue weighted by atomic mass is 32.2. The number of benzene rings is 2. The van der Waals surface area contributed by atoms with Gasteiger partial charge in [0.1, 0.15) is 0 Å². The average Bonchev–Trinajstić information content (AvgIpc) is 3.35. The number of rotatable bonds is 11. The maximum atomic E-state index is 13.6. The van der Waals surface area contributed by atoms with E-state index in [1.54, 1.807) is 0 Å². The molecule has 5 heteroatoms. The molecule has 210 valence electrons. The van der Waals surface area contributed by atoms with Crippen molar-refractivity contribution in [2.75, 3.05) is 6.54 Å². The van der Waals surface area contributed by atoms with Gasteiger partial charge in [0, 0.05) is 47.2 Å². The molecule has 1 aliphatic heterocycles. The lowest BCUT2D eigenvalue weighted by Gasteiger charge is -2.36. The molecule has 2 aromatic carbocycles. The maximum absolute atomic E-state index is 13.6. The number of carbonyl (C=O) groups excluding carboxylic acids is 1. The molecule has 5 rings (SSSR count). The normalized spacial score (nSPS) is 20.0. The first-order valence-corrected chi connectivity index (χ1v) is 15.5. The smallest absolute Gasteiger partial charge is 0.350 e. The Hall–Kier alpha value is -3.18. The van der Waals surface area contributed by atoms with E-state index in [4.69, 9.17) is 4.18 Å². The summed E-state index contributed by atoms with van der Waals surface area (Å²) in [6.07, 6.45) is 14.1. The van der Waals surface area contributed by atoms with Gasteiger partial charge in [0.2, 0.25) is 0 Å². The molecule has 0 saturated heterocycles. The van der Waals surface area contributed by atoms with E-state index in [1.807, 2.05) is 18.2 Å². The minimum absolute atomic E-state index is 0.200. The highest BCUT2D eigenvalue weighted by molar-refractivity contribution is 7.99. The van der Waals surface area contributed by atoms with Crippen molar-refractivity contribution in [3.8, 4) is 0 Å². The molecule has 2 atom stereocenters. The van der Waals surface area contributed by atoms with Crippen molar-refractivity contribution in [1.29, 1.82) is 0 Å². The number of aromatic nitrogens is 1. The fraction of sp³-hybridized carbons (Fsp3) is 0.400. The molecule has 2 heterocycles. The summed E-state index contributed by atoms with van der Waals surface area (Å²) < 4.78 is 8.47. The van der Waals surface area contributed by atoms with E-state index in [-0.39, 0.29) is 17.4 Å². The standard InChI is InChI=1S/C35H42N2O2S/c1-6-8-22-36-25(3)30(29-18-12-13-19-31(29)36)24-27-16-10-11-17-28(27)34(38)39-40-33-26(4)37(23-9-7-2)32-20-14-15-21-35(32,33)5/h10-21,32H,6-9,22-24H2,1-5H3. The molecule has 0 spiro atoms. The van der Waals surface area contributed by atoms with Gasteiger partial charge in [-0.2, -0.15) is 0 Å². The maximum Gasteiger partial charge on any atom is 0.350 e. The van der Waals surface area contributed by atoms with Gasteiger partial charge < -0.3 is 13.7 Å². The molecule has 0 N–H and O–H groups in total. The number of fused-ring (bicyclic) bond motifs is 2. The molecular formula is C35H42N2O2S. The van der Waals surface area contributed by atoms with Crippen LogP contribution in [-0.2, 0) is 17.1 Å². The monoisotopic (exact) mass is 554 g/mol. The summed E-state index contributed by atoms with van der Waals surface area (Å²) in [6, 6.07) is 16.8. The number of nitrogens with zero attached hydrogens (tertiary/aromatic N) is 2. The lowest BCUT2D eigenvalue weighted by molar-refractivity contribution is 0.0767. The molecule has 0 radical (unpaired) electrons. The first-order valence-electron chi connectivity index (χ1n) is 14.8. The van der Waals surface area contributed by atoms with Crippen LogP contribution in [0.5, 0.6) is 0 Å². The quantitative estimate of drug-likeness (QED) is 0.222. The van der Waals surface area contributed by atoms with Crippen molar-refractivity contribution in [2.24, 2.45) is 5.41 Å². The Morgan fingerprint density at radius 3 is 2.50 bits per heavy atom. The van der Waals surface area contributed by atoms with Crippen molar-refractivity contribution in [2.45, 2.75) is 79.3 Å². The fourth-order valence-corrected chi connectivity index (χ4v) is 7.25. The summed E-state index contributed by atoms with van der Waals surface area (Å²) in [7, 11) is 0. The Kier molecular flexibility index (Phi) is 8.60. The van der Waals surface area contributed by atoms with Crippen LogP contribution >= 0.6 is 12.0 Å². The van der Waals surface area contributed by atoms with E-state index in [0.717, 1.165) is 49.2 Å². The van der Waals surface area contributed by atoms with Crippen LogP contribution < -0.4 is 0 Å². The van der Waals surface area contributed by atoms with Crippen LogP contribution in [0.1, 0.15) is 80.6 Å². The Morgan fingerprint density at radius 2 is 1.70 bits per heavy atom. The van der Waals surface area contributed by atoms with Crippen LogP contribution in [0.25, 0.3) is 10.9 Å². The number of allylic oxidation sites excluding steroid dienone is 3. The van der Waals surface area contributed by atoms with Crippen molar-refractivity contribution < 1.29 is 8.98 Å². The van der Waals surface area contributed by atoms with Gasteiger partial charge in [-0.05, 0) is 56.9 Å². The summed E-state index contributed by atoms with van der Waals surface area (Å²) in [6.45, 7) is 13.1. The van der Waals surface area contributed by atoms with E-state index in [0.29, 0.717) is 12.0 Å². The van der Waals surface area contributed by atoms with Crippen LogP contribution in [0.4, 0.5) is 0 Å². The van der Waals surface area contributed by atoms with E-state index < -0.39 is 0 Å². The van der Waals surface area contributed by atoms with Crippen LogP contribution in [0.15, 0.2) is 83.4 Å². The van der Waals surface area contributed by atoms with Crippen LogP contribution in [0.2, 0.25) is 0 Å². The second-order valence-electron chi connectivity index (χ2n) is 11.3. The van der Waals surface area contributed by atoms with Crippen molar-refractivity contribution in [3.05, 3.63) is 106 Å². The number of hydrogen-bond donors (Lipinski definition) is 0. The summed E-state index contributed by atoms with van der Waals surface area (Å²) in [4.78, 5) is 17.2. The predicted molar refractivity (Wildman–Crippen MR) is 168 cm³/mol. The summed E-state index contributed by atoms with van der Waals surface area (Å²) in [5, 5.41) is 1.27. The fourth-order valence-electron chi connectivity index (χ4n) is 6.39. The summed E-state index contributed by atoms with van der Waals surface area (Å²) in [5.74, 6) is -0.282. The average molecular weight is 555 g/mol. The van der Waals surface area contributed by atoms with Gasteiger partial charge in [-0.3, -0.25) is 0 Å². The zero-order valence-corrected chi connectivity index (χ0v) is 25.4. The van der Waals surface area contributed by atoms with Gasteiger partial charge in [0.05, 0.1) is 28.6 Å². The number of carbonyl (C=O) groups is 1. The molecule has 4 nitrogen and oxygen atoms in total. The predicted octanol–water partition coefficient (Wildman–Crippen LogP) is 8.99. The second-order valence-corrected chi connectivity index (χ2v) is 12.0. The molecule has 0 bridgehead atoms. The van der Waals surface area contributed by atoms with Gasteiger partial charge in [-0.15, -0.1) is 0 Å². The number of unbranched alkanes of at least 4 members (excludes halogenated alkanes) is 2. The molecule has 3 aromatic rings.